The van der Waals surface area contributed by atoms with Crippen LogP contribution in [-0.2, 0) is 11.3 Å². The van der Waals surface area contributed by atoms with Crippen molar-refractivity contribution < 1.29 is 9.47 Å². The second-order valence-electron chi connectivity index (χ2n) is 3.33. The molecule has 0 unspecified atom stereocenters. The number of halogens is 1. The molecule has 0 aromatic carbocycles. The van der Waals surface area contributed by atoms with Crippen molar-refractivity contribution in [2.24, 2.45) is 0 Å². The first-order valence-corrected chi connectivity index (χ1v) is 5.83. The normalized spacial score (nSPS) is 10.9. The van der Waals surface area contributed by atoms with Crippen LogP contribution in [0.3, 0.4) is 0 Å². The maximum absolute atomic E-state index is 5.38. The van der Waals surface area contributed by atoms with Crippen molar-refractivity contribution in [3.63, 3.8) is 0 Å². The van der Waals surface area contributed by atoms with Crippen molar-refractivity contribution in [1.29, 1.82) is 0 Å². The number of ether oxygens (including phenoxy) is 2. The average Bonchev–Trinajstić information content (AvgIpc) is 2.37. The van der Waals surface area contributed by atoms with Crippen molar-refractivity contribution in [2.75, 3.05) is 26.9 Å². The number of nitrogens with zero attached hydrogens (tertiary/aromatic N) is 1. The minimum atomic E-state index is 0.455. The Kier molecular flexibility index (Phi) is 7.38. The van der Waals surface area contributed by atoms with E-state index in [1.807, 2.05) is 12.1 Å². The Morgan fingerprint density at radius 2 is 2.35 bits per heavy atom. The van der Waals surface area contributed by atoms with Gasteiger partial charge in [0.1, 0.15) is 12.4 Å². The Balaban J connectivity index is 2.29. The van der Waals surface area contributed by atoms with Gasteiger partial charge in [0.15, 0.2) is 0 Å². The highest BCUT2D eigenvalue weighted by atomic mass is 35.5. The van der Waals surface area contributed by atoms with Crippen molar-refractivity contribution in [2.45, 2.75) is 6.54 Å². The summed E-state index contributed by atoms with van der Waals surface area (Å²) in [7, 11) is 1.68. The second kappa shape index (κ2) is 8.98. The van der Waals surface area contributed by atoms with Crippen LogP contribution in [0.1, 0.15) is 5.69 Å². The van der Waals surface area contributed by atoms with Crippen molar-refractivity contribution >= 4 is 11.6 Å². The van der Waals surface area contributed by atoms with Gasteiger partial charge in [0, 0.05) is 25.7 Å². The van der Waals surface area contributed by atoms with Gasteiger partial charge < -0.3 is 14.8 Å². The van der Waals surface area contributed by atoms with E-state index >= 15 is 0 Å². The summed E-state index contributed by atoms with van der Waals surface area (Å²) >= 11 is 5.38. The third-order valence-electron chi connectivity index (χ3n) is 2.02. The number of rotatable bonds is 8. The zero-order valence-corrected chi connectivity index (χ0v) is 10.6. The fourth-order valence-electron chi connectivity index (χ4n) is 1.17. The lowest BCUT2D eigenvalue weighted by Gasteiger charge is -2.05. The Hall–Kier alpha value is -1.10. The van der Waals surface area contributed by atoms with Crippen LogP contribution in [0.5, 0.6) is 5.75 Å². The molecule has 17 heavy (non-hydrogen) atoms. The molecule has 0 bridgehead atoms. The molecule has 0 spiro atoms. The van der Waals surface area contributed by atoms with Crippen molar-refractivity contribution in [3.8, 4) is 5.75 Å². The lowest BCUT2D eigenvalue weighted by Crippen LogP contribution is -2.19. The molecule has 0 saturated heterocycles. The summed E-state index contributed by atoms with van der Waals surface area (Å²) in [6.45, 7) is 2.70. The predicted octanol–water partition coefficient (Wildman–Crippen LogP) is 1.95. The van der Waals surface area contributed by atoms with E-state index in [4.69, 9.17) is 21.1 Å². The van der Waals surface area contributed by atoms with Crippen LogP contribution in [0.4, 0.5) is 0 Å². The second-order valence-corrected chi connectivity index (χ2v) is 3.58. The molecule has 1 N–H and O–H groups in total. The summed E-state index contributed by atoms with van der Waals surface area (Å²) in [5, 5.41) is 3.22. The predicted molar refractivity (Wildman–Crippen MR) is 68.3 cm³/mol. The third kappa shape index (κ3) is 6.26. The molecule has 94 valence electrons. The van der Waals surface area contributed by atoms with E-state index in [0.29, 0.717) is 13.2 Å². The summed E-state index contributed by atoms with van der Waals surface area (Å²) in [4.78, 5) is 4.27. The Morgan fingerprint density at radius 3 is 3.00 bits per heavy atom. The largest absolute Gasteiger partial charge is 0.488 e. The highest BCUT2D eigenvalue weighted by molar-refractivity contribution is 6.25. The molecule has 0 atom stereocenters. The highest BCUT2D eigenvalue weighted by Gasteiger charge is 1.96. The van der Waals surface area contributed by atoms with Gasteiger partial charge in [-0.1, -0.05) is 11.6 Å². The van der Waals surface area contributed by atoms with Gasteiger partial charge in [-0.2, -0.15) is 0 Å². The Bertz CT molecular complexity index is 328. The first-order valence-electron chi connectivity index (χ1n) is 5.39. The highest BCUT2D eigenvalue weighted by Crippen LogP contribution is 2.08. The molecule has 1 heterocycles. The molecule has 1 rings (SSSR count). The summed E-state index contributed by atoms with van der Waals surface area (Å²) < 4.78 is 10.3. The summed E-state index contributed by atoms with van der Waals surface area (Å²) in [6, 6.07) is 3.82. The molecular weight excluding hydrogens is 240 g/mol. The zero-order valence-electron chi connectivity index (χ0n) is 9.86. The number of nitrogens with one attached hydrogen (secondary N) is 1. The minimum absolute atomic E-state index is 0.455. The van der Waals surface area contributed by atoms with Gasteiger partial charge in [-0.15, -0.1) is 0 Å². The molecular formula is C12H17ClN2O2. The molecule has 0 aliphatic rings. The fraction of sp³-hybridized carbons (Fsp3) is 0.417. The van der Waals surface area contributed by atoms with Crippen LogP contribution < -0.4 is 10.1 Å². The lowest BCUT2D eigenvalue weighted by molar-refractivity contribution is 0.199. The average molecular weight is 257 g/mol. The quantitative estimate of drug-likeness (QED) is 0.722. The van der Waals surface area contributed by atoms with E-state index in [9.17, 15) is 0 Å². The molecule has 0 saturated carbocycles. The van der Waals surface area contributed by atoms with Gasteiger partial charge in [-0.3, -0.25) is 4.98 Å². The van der Waals surface area contributed by atoms with Crippen LogP contribution in [0, 0.1) is 0 Å². The number of methoxy groups -OCH3 is 1. The van der Waals surface area contributed by atoms with E-state index in [1.54, 1.807) is 19.4 Å². The smallest absolute Gasteiger partial charge is 0.138 e. The molecule has 0 aliphatic heterocycles. The zero-order chi connectivity index (χ0) is 12.3. The Morgan fingerprint density at radius 1 is 1.47 bits per heavy atom. The van der Waals surface area contributed by atoms with E-state index in [2.05, 4.69) is 10.3 Å². The first-order chi connectivity index (χ1) is 8.36. The molecule has 4 nitrogen and oxygen atoms in total. The molecule has 0 aliphatic carbocycles. The van der Waals surface area contributed by atoms with Gasteiger partial charge in [-0.25, -0.2) is 0 Å². The van der Waals surface area contributed by atoms with Gasteiger partial charge in [0.05, 0.1) is 18.5 Å². The molecule has 0 amide bonds. The molecule has 1 aromatic heterocycles. The van der Waals surface area contributed by atoms with E-state index in [1.165, 1.54) is 5.54 Å². The molecule has 1 aromatic rings. The minimum Gasteiger partial charge on any atom is -0.488 e. The molecule has 5 heteroatoms. The number of aromatic nitrogens is 1. The van der Waals surface area contributed by atoms with Crippen molar-refractivity contribution in [1.82, 2.24) is 10.3 Å². The topological polar surface area (TPSA) is 43.4 Å². The van der Waals surface area contributed by atoms with Gasteiger partial charge in [0.25, 0.3) is 0 Å². The maximum atomic E-state index is 5.38. The van der Waals surface area contributed by atoms with E-state index in [-0.39, 0.29) is 0 Å². The third-order valence-corrected chi connectivity index (χ3v) is 2.20. The van der Waals surface area contributed by atoms with Crippen LogP contribution in [-0.4, -0.2) is 31.9 Å². The first kappa shape index (κ1) is 14.0. The van der Waals surface area contributed by atoms with Crippen molar-refractivity contribution in [3.05, 3.63) is 35.6 Å². The Labute approximate surface area is 107 Å². The molecule has 0 fully saturated rings. The summed E-state index contributed by atoms with van der Waals surface area (Å²) in [6.07, 6.45) is 3.43. The number of pyridine rings is 1. The maximum Gasteiger partial charge on any atom is 0.138 e. The SMILES string of the molecule is COCCNCc1ccc(OCC=CCl)cn1. The summed E-state index contributed by atoms with van der Waals surface area (Å²) in [5.74, 6) is 0.736. The number of hydrogen-bond donors (Lipinski definition) is 1. The van der Waals surface area contributed by atoms with Crippen LogP contribution >= 0.6 is 11.6 Å². The van der Waals surface area contributed by atoms with E-state index in [0.717, 1.165) is 24.5 Å². The van der Waals surface area contributed by atoms with Crippen LogP contribution in [0.25, 0.3) is 0 Å². The standard InChI is InChI=1S/C12H17ClN2O2/c1-16-8-6-14-9-11-3-4-12(10-15-11)17-7-2-5-13/h2-5,10,14H,6-9H2,1H3. The van der Waals surface area contributed by atoms with Crippen LogP contribution in [0.15, 0.2) is 29.9 Å². The fourth-order valence-corrected chi connectivity index (χ4v) is 1.25. The van der Waals surface area contributed by atoms with Gasteiger partial charge in [0.2, 0.25) is 0 Å². The van der Waals surface area contributed by atoms with Gasteiger partial charge >= 0.3 is 0 Å². The monoisotopic (exact) mass is 256 g/mol. The van der Waals surface area contributed by atoms with Gasteiger partial charge in [-0.05, 0) is 18.2 Å². The van der Waals surface area contributed by atoms with Crippen LogP contribution in [0.2, 0.25) is 0 Å². The lowest BCUT2D eigenvalue weighted by atomic mass is 10.3. The summed E-state index contributed by atoms with van der Waals surface area (Å²) in [5.41, 5.74) is 2.41. The molecule has 0 radical (unpaired) electrons. The number of hydrogen-bond acceptors (Lipinski definition) is 4. The van der Waals surface area contributed by atoms with E-state index < -0.39 is 0 Å².